The smallest absolute Gasteiger partial charge is 0.162 e. The van der Waals surface area contributed by atoms with Crippen LogP contribution in [-0.4, -0.2) is 63.9 Å². The van der Waals surface area contributed by atoms with Crippen molar-refractivity contribution in [2.45, 2.75) is 31.8 Å². The van der Waals surface area contributed by atoms with Crippen LogP contribution in [0.5, 0.6) is 17.2 Å². The van der Waals surface area contributed by atoms with Crippen molar-refractivity contribution in [1.82, 2.24) is 4.90 Å². The molecule has 2 aromatic rings. The molecule has 182 valence electrons. The Labute approximate surface area is 201 Å². The third kappa shape index (κ3) is 6.74. The Morgan fingerprint density at radius 2 is 1.94 bits per heavy atom. The topological polar surface area (TPSA) is 69.3 Å². The van der Waals surface area contributed by atoms with Crippen molar-refractivity contribution in [3.05, 3.63) is 53.7 Å². The lowest BCUT2D eigenvalue weighted by Crippen LogP contribution is -2.25. The first-order valence-corrected chi connectivity index (χ1v) is 12.0. The van der Waals surface area contributed by atoms with Crippen molar-refractivity contribution >= 4 is 18.0 Å². The maximum Gasteiger partial charge on any atom is 0.162 e. The zero-order valence-corrected chi connectivity index (χ0v) is 19.8. The van der Waals surface area contributed by atoms with Gasteiger partial charge in [0.1, 0.15) is 19.0 Å². The highest BCUT2D eigenvalue weighted by Gasteiger charge is 2.16. The third-order valence-corrected chi connectivity index (χ3v) is 6.19. The molecule has 0 aliphatic carbocycles. The summed E-state index contributed by atoms with van der Waals surface area (Å²) in [6.07, 6.45) is 9.30. The van der Waals surface area contributed by atoms with E-state index in [-0.39, 0.29) is 6.10 Å². The number of nitrogens with one attached hydrogen (secondary N) is 1. The van der Waals surface area contributed by atoms with Gasteiger partial charge in [-0.15, -0.1) is 0 Å². The Balaban J connectivity index is 1.34. The van der Waals surface area contributed by atoms with Gasteiger partial charge < -0.3 is 24.3 Å². The Bertz CT molecular complexity index is 965. The molecule has 0 saturated carbocycles. The Kier molecular flexibility index (Phi) is 8.82. The van der Waals surface area contributed by atoms with E-state index < -0.39 is 0 Å². The van der Waals surface area contributed by atoms with Crippen LogP contribution in [-0.2, 0) is 4.74 Å². The Hall–Kier alpha value is -3.03. The molecule has 0 aromatic heterocycles. The van der Waals surface area contributed by atoms with Crippen LogP contribution in [0.2, 0.25) is 0 Å². The minimum absolute atomic E-state index is 0.147. The fourth-order valence-corrected chi connectivity index (χ4v) is 4.25. The van der Waals surface area contributed by atoms with Gasteiger partial charge in [-0.1, -0.05) is 0 Å². The van der Waals surface area contributed by atoms with Crippen molar-refractivity contribution in [2.24, 2.45) is 0 Å². The quantitative estimate of drug-likeness (QED) is 0.458. The average Bonchev–Trinajstić information content (AvgIpc) is 3.58. The molecule has 2 heterocycles. The molecule has 0 bridgehead atoms. The van der Waals surface area contributed by atoms with Gasteiger partial charge in [-0.2, -0.15) is 0 Å². The molecule has 0 spiro atoms. The van der Waals surface area contributed by atoms with Gasteiger partial charge in [-0.3, -0.25) is 9.69 Å². The summed E-state index contributed by atoms with van der Waals surface area (Å²) < 4.78 is 22.9. The lowest BCUT2D eigenvalue weighted by molar-refractivity contribution is 0.0679. The van der Waals surface area contributed by atoms with Crippen molar-refractivity contribution in [2.75, 3.05) is 51.9 Å². The summed E-state index contributed by atoms with van der Waals surface area (Å²) in [6.45, 7) is 5.21. The number of benzene rings is 2. The van der Waals surface area contributed by atoms with Crippen molar-refractivity contribution < 1.29 is 23.7 Å². The lowest BCUT2D eigenvalue weighted by Gasteiger charge is -2.16. The SMILES string of the molecule is COc1cc(N/C=C\c2cc(OC[C@@H]3CCCO3)ccc2C=O)ccc1OCCN1CCCC1. The molecule has 1 N–H and O–H groups in total. The second kappa shape index (κ2) is 12.4. The van der Waals surface area contributed by atoms with Crippen LogP contribution in [0.4, 0.5) is 5.69 Å². The van der Waals surface area contributed by atoms with Crippen LogP contribution in [0.3, 0.4) is 0 Å². The van der Waals surface area contributed by atoms with Crippen LogP contribution in [0.15, 0.2) is 42.6 Å². The van der Waals surface area contributed by atoms with Gasteiger partial charge in [-0.05, 0) is 80.7 Å². The highest BCUT2D eigenvalue weighted by molar-refractivity contribution is 5.82. The number of ether oxygens (including phenoxy) is 4. The molecule has 2 aliphatic heterocycles. The van der Waals surface area contributed by atoms with E-state index in [2.05, 4.69) is 10.2 Å². The molecule has 1 atom stereocenters. The normalized spacial score (nSPS) is 18.3. The van der Waals surface area contributed by atoms with Gasteiger partial charge in [0.25, 0.3) is 0 Å². The zero-order chi connectivity index (χ0) is 23.6. The molecule has 0 unspecified atom stereocenters. The average molecular weight is 467 g/mol. The molecule has 0 radical (unpaired) electrons. The summed E-state index contributed by atoms with van der Waals surface area (Å²) in [5, 5.41) is 3.24. The second-order valence-corrected chi connectivity index (χ2v) is 8.60. The Morgan fingerprint density at radius 1 is 1.06 bits per heavy atom. The Morgan fingerprint density at radius 3 is 2.71 bits per heavy atom. The van der Waals surface area contributed by atoms with E-state index in [4.69, 9.17) is 18.9 Å². The molecular formula is C27H34N2O5. The van der Waals surface area contributed by atoms with E-state index in [0.29, 0.717) is 24.5 Å². The van der Waals surface area contributed by atoms with Crippen LogP contribution < -0.4 is 19.5 Å². The van der Waals surface area contributed by atoms with Gasteiger partial charge in [0.05, 0.1) is 13.2 Å². The van der Waals surface area contributed by atoms with Gasteiger partial charge in [0, 0.05) is 36.7 Å². The summed E-state index contributed by atoms with van der Waals surface area (Å²) in [6, 6.07) is 11.2. The molecule has 7 heteroatoms. The molecular weight excluding hydrogens is 432 g/mol. The van der Waals surface area contributed by atoms with E-state index >= 15 is 0 Å². The van der Waals surface area contributed by atoms with Gasteiger partial charge in [0.2, 0.25) is 0 Å². The number of methoxy groups -OCH3 is 1. The number of carbonyl (C=O) groups excluding carboxylic acids is 1. The summed E-state index contributed by atoms with van der Waals surface area (Å²) in [5.74, 6) is 2.13. The minimum Gasteiger partial charge on any atom is -0.493 e. The number of rotatable bonds is 12. The largest absolute Gasteiger partial charge is 0.493 e. The number of anilines is 1. The first-order chi connectivity index (χ1) is 16.7. The van der Waals surface area contributed by atoms with E-state index in [9.17, 15) is 4.79 Å². The molecule has 2 aromatic carbocycles. The maximum atomic E-state index is 11.5. The zero-order valence-electron chi connectivity index (χ0n) is 19.8. The number of carbonyl (C=O) groups is 1. The summed E-state index contributed by atoms with van der Waals surface area (Å²) in [4.78, 5) is 13.9. The van der Waals surface area contributed by atoms with Crippen LogP contribution >= 0.6 is 0 Å². The third-order valence-electron chi connectivity index (χ3n) is 6.19. The number of aldehydes is 1. The molecule has 7 nitrogen and oxygen atoms in total. The summed E-state index contributed by atoms with van der Waals surface area (Å²) in [7, 11) is 1.64. The van der Waals surface area contributed by atoms with Crippen LogP contribution in [0.1, 0.15) is 41.6 Å². The number of hydrogen-bond donors (Lipinski definition) is 1. The fraction of sp³-hybridized carbons (Fsp3) is 0.444. The van der Waals surface area contributed by atoms with E-state index in [1.807, 2.05) is 36.4 Å². The van der Waals surface area contributed by atoms with E-state index in [1.54, 1.807) is 19.4 Å². The van der Waals surface area contributed by atoms with Crippen molar-refractivity contribution in [3.63, 3.8) is 0 Å². The molecule has 4 rings (SSSR count). The first kappa shape index (κ1) is 24.1. The number of hydrogen-bond acceptors (Lipinski definition) is 7. The highest BCUT2D eigenvalue weighted by Crippen LogP contribution is 2.30. The predicted molar refractivity (Wildman–Crippen MR) is 133 cm³/mol. The monoisotopic (exact) mass is 466 g/mol. The van der Waals surface area contributed by atoms with E-state index in [0.717, 1.165) is 68.1 Å². The van der Waals surface area contributed by atoms with E-state index in [1.165, 1.54) is 12.8 Å². The van der Waals surface area contributed by atoms with Gasteiger partial charge in [0.15, 0.2) is 17.8 Å². The molecule has 2 fully saturated rings. The summed E-state index contributed by atoms with van der Waals surface area (Å²) >= 11 is 0. The van der Waals surface area contributed by atoms with Crippen LogP contribution in [0, 0.1) is 0 Å². The molecule has 2 saturated heterocycles. The molecule has 2 aliphatic rings. The second-order valence-electron chi connectivity index (χ2n) is 8.60. The first-order valence-electron chi connectivity index (χ1n) is 12.0. The minimum atomic E-state index is 0.147. The fourth-order valence-electron chi connectivity index (χ4n) is 4.25. The highest BCUT2D eigenvalue weighted by atomic mass is 16.5. The van der Waals surface area contributed by atoms with Gasteiger partial charge >= 0.3 is 0 Å². The summed E-state index contributed by atoms with van der Waals surface area (Å²) in [5.41, 5.74) is 2.24. The molecule has 0 amide bonds. The standard InChI is InChI=1S/C27H34N2O5/c1-31-27-18-23(7-9-26(27)33-16-14-29-12-2-3-13-29)28-11-10-21-17-24(8-6-22(21)19-30)34-20-25-5-4-15-32-25/h6-11,17-19,25,28H,2-5,12-16,20H2,1H3/b11-10-/t25-/m0/s1. The number of nitrogens with zero attached hydrogens (tertiary/aromatic N) is 1. The lowest BCUT2D eigenvalue weighted by atomic mass is 10.1. The number of likely N-dealkylation sites (tertiary alicyclic amines) is 1. The maximum absolute atomic E-state index is 11.5. The van der Waals surface area contributed by atoms with Gasteiger partial charge in [-0.25, -0.2) is 0 Å². The predicted octanol–water partition coefficient (Wildman–Crippen LogP) is 4.62. The molecule has 34 heavy (non-hydrogen) atoms. The van der Waals surface area contributed by atoms with Crippen molar-refractivity contribution in [3.8, 4) is 17.2 Å². The van der Waals surface area contributed by atoms with Crippen LogP contribution in [0.25, 0.3) is 6.08 Å². The van der Waals surface area contributed by atoms with Crippen molar-refractivity contribution in [1.29, 1.82) is 0 Å².